The molecule has 6 rings (SSSR count). The first-order valence-corrected chi connectivity index (χ1v) is 13.2. The van der Waals surface area contributed by atoms with Crippen molar-refractivity contribution in [3.8, 4) is 0 Å². The van der Waals surface area contributed by atoms with E-state index in [-0.39, 0.29) is 16.7 Å². The molecule has 1 aromatic heterocycles. The van der Waals surface area contributed by atoms with Crippen LogP contribution in [-0.4, -0.2) is 5.78 Å². The monoisotopic (exact) mass is 473 g/mol. The Balaban J connectivity index is 1.51. The minimum absolute atomic E-state index is 0.0614. The Morgan fingerprint density at radius 1 is 0.500 bits per heavy atom. The molecule has 162 valence electrons. The second kappa shape index (κ2) is 8.94. The minimum atomic E-state index is -0.204. The Kier molecular flexibility index (Phi) is 5.50. The third-order valence-electron chi connectivity index (χ3n) is 5.93. The van der Waals surface area contributed by atoms with Crippen LogP contribution in [0.2, 0.25) is 0 Å². The summed E-state index contributed by atoms with van der Waals surface area (Å²) in [5.41, 5.74) is 1.45. The van der Waals surface area contributed by atoms with E-state index in [4.69, 9.17) is 0 Å². The average molecular weight is 474 g/mol. The van der Waals surface area contributed by atoms with E-state index in [9.17, 15) is 4.79 Å². The molecule has 34 heavy (non-hydrogen) atoms. The van der Waals surface area contributed by atoms with E-state index >= 15 is 0 Å². The Bertz CT molecular complexity index is 1560. The van der Waals surface area contributed by atoms with Gasteiger partial charge >= 0.3 is 0 Å². The molecule has 0 N–H and O–H groups in total. The smallest absolute Gasteiger partial charge is 0.193 e. The first-order chi connectivity index (χ1) is 16.8. The van der Waals surface area contributed by atoms with E-state index in [0.717, 1.165) is 16.5 Å². The molecule has 0 aliphatic heterocycles. The van der Waals surface area contributed by atoms with Crippen molar-refractivity contribution in [2.45, 2.75) is 14.7 Å². The molecule has 0 bridgehead atoms. The standard InChI is InChI=1S/C31H21OS2/c32-31(22-10-4-1-5-11-22)23-16-18-29-27(20-23)28-21-26(17-19-30(28)33-29)34(24-12-6-2-7-13-24)25-14-8-3-9-15-25/h1-21H/q+1. The maximum atomic E-state index is 13.1. The van der Waals surface area contributed by atoms with Crippen molar-refractivity contribution in [1.29, 1.82) is 0 Å². The van der Waals surface area contributed by atoms with Gasteiger partial charge in [0.1, 0.15) is 0 Å². The van der Waals surface area contributed by atoms with Crippen LogP contribution < -0.4 is 0 Å². The van der Waals surface area contributed by atoms with Crippen molar-refractivity contribution in [2.24, 2.45) is 0 Å². The van der Waals surface area contributed by atoms with Gasteiger partial charge in [-0.2, -0.15) is 0 Å². The van der Waals surface area contributed by atoms with Gasteiger partial charge in [0.05, 0.1) is 10.9 Å². The summed E-state index contributed by atoms with van der Waals surface area (Å²) in [6.07, 6.45) is 0. The van der Waals surface area contributed by atoms with Crippen LogP contribution in [0.4, 0.5) is 0 Å². The normalized spacial score (nSPS) is 11.3. The first-order valence-electron chi connectivity index (χ1n) is 11.2. The summed E-state index contributed by atoms with van der Waals surface area (Å²) in [7, 11) is -0.204. The molecule has 0 saturated heterocycles. The Morgan fingerprint density at radius 3 is 1.65 bits per heavy atom. The molecule has 0 fully saturated rings. The highest BCUT2D eigenvalue weighted by Gasteiger charge is 2.29. The van der Waals surface area contributed by atoms with Gasteiger partial charge in [-0.1, -0.05) is 66.7 Å². The summed E-state index contributed by atoms with van der Waals surface area (Å²) in [5, 5.41) is 2.36. The number of ketones is 1. The fourth-order valence-electron chi connectivity index (χ4n) is 4.30. The molecule has 0 amide bonds. The van der Waals surface area contributed by atoms with Gasteiger partial charge in [0, 0.05) is 37.4 Å². The highest BCUT2D eigenvalue weighted by atomic mass is 32.2. The fourth-order valence-corrected chi connectivity index (χ4v) is 7.48. The predicted octanol–water partition coefficient (Wildman–Crippen LogP) is 8.38. The molecular weight excluding hydrogens is 452 g/mol. The van der Waals surface area contributed by atoms with Crippen LogP contribution in [0.1, 0.15) is 15.9 Å². The molecule has 0 spiro atoms. The maximum absolute atomic E-state index is 13.1. The molecule has 3 heteroatoms. The lowest BCUT2D eigenvalue weighted by Crippen LogP contribution is -2.04. The van der Waals surface area contributed by atoms with Crippen molar-refractivity contribution in [1.82, 2.24) is 0 Å². The van der Waals surface area contributed by atoms with E-state index in [1.54, 1.807) is 11.3 Å². The largest absolute Gasteiger partial charge is 0.289 e. The van der Waals surface area contributed by atoms with E-state index in [1.165, 1.54) is 29.5 Å². The van der Waals surface area contributed by atoms with Gasteiger partial charge in [0.25, 0.3) is 0 Å². The van der Waals surface area contributed by atoms with Crippen LogP contribution in [0, 0.1) is 0 Å². The van der Waals surface area contributed by atoms with Gasteiger partial charge in [0.15, 0.2) is 20.5 Å². The molecule has 0 saturated carbocycles. The molecule has 0 aliphatic rings. The van der Waals surface area contributed by atoms with Crippen molar-refractivity contribution in [3.05, 3.63) is 139 Å². The van der Waals surface area contributed by atoms with Gasteiger partial charge < -0.3 is 0 Å². The zero-order valence-electron chi connectivity index (χ0n) is 18.3. The highest BCUT2D eigenvalue weighted by Crippen LogP contribution is 2.39. The molecule has 0 atom stereocenters. The van der Waals surface area contributed by atoms with Crippen LogP contribution in [0.5, 0.6) is 0 Å². The topological polar surface area (TPSA) is 17.1 Å². The molecule has 5 aromatic carbocycles. The third kappa shape index (κ3) is 3.83. The predicted molar refractivity (Wildman–Crippen MR) is 144 cm³/mol. The summed E-state index contributed by atoms with van der Waals surface area (Å²) in [6.45, 7) is 0. The van der Waals surface area contributed by atoms with Gasteiger partial charge in [-0.05, 0) is 54.6 Å². The number of hydrogen-bond donors (Lipinski definition) is 0. The molecule has 0 aliphatic carbocycles. The number of rotatable bonds is 5. The van der Waals surface area contributed by atoms with E-state index in [1.807, 2.05) is 36.4 Å². The lowest BCUT2D eigenvalue weighted by molar-refractivity contribution is 0.103. The highest BCUT2D eigenvalue weighted by molar-refractivity contribution is 7.97. The fraction of sp³-hybridized carbons (Fsp3) is 0. The van der Waals surface area contributed by atoms with E-state index < -0.39 is 0 Å². The molecule has 0 radical (unpaired) electrons. The average Bonchev–Trinajstić information content (AvgIpc) is 3.27. The summed E-state index contributed by atoms with van der Waals surface area (Å²) in [4.78, 5) is 17.0. The number of benzene rings is 5. The number of hydrogen-bond acceptors (Lipinski definition) is 2. The van der Waals surface area contributed by atoms with Gasteiger partial charge in [-0.15, -0.1) is 11.3 Å². The third-order valence-corrected chi connectivity index (χ3v) is 9.30. The SMILES string of the molecule is O=C(c1ccccc1)c1ccc2sc3ccc([S+](c4ccccc4)c4ccccc4)cc3c2c1. The van der Waals surface area contributed by atoms with Gasteiger partial charge in [-0.3, -0.25) is 4.79 Å². The molecular formula is C31H21OS2+. The lowest BCUT2D eigenvalue weighted by atomic mass is 10.0. The number of thiophene rings is 1. The minimum Gasteiger partial charge on any atom is -0.289 e. The van der Waals surface area contributed by atoms with Crippen LogP contribution in [0.15, 0.2) is 142 Å². The molecule has 6 aromatic rings. The summed E-state index contributed by atoms with van der Waals surface area (Å²) < 4.78 is 2.45. The number of fused-ring (bicyclic) bond motifs is 3. The van der Waals surface area contributed by atoms with Crippen LogP contribution in [0.25, 0.3) is 20.2 Å². The zero-order valence-corrected chi connectivity index (χ0v) is 20.0. The Morgan fingerprint density at radius 2 is 1.03 bits per heavy atom. The summed E-state index contributed by atoms with van der Waals surface area (Å²) >= 11 is 1.78. The molecule has 1 heterocycles. The second-order valence-electron chi connectivity index (χ2n) is 8.10. The number of carbonyl (C=O) groups excluding carboxylic acids is 1. The van der Waals surface area contributed by atoms with Gasteiger partial charge in [0.2, 0.25) is 0 Å². The Hall–Kier alpha value is -3.66. The van der Waals surface area contributed by atoms with Crippen molar-refractivity contribution in [3.63, 3.8) is 0 Å². The van der Waals surface area contributed by atoms with Crippen molar-refractivity contribution >= 4 is 48.2 Å². The van der Waals surface area contributed by atoms with Crippen molar-refractivity contribution in [2.75, 3.05) is 0 Å². The van der Waals surface area contributed by atoms with Crippen molar-refractivity contribution < 1.29 is 4.79 Å². The molecule has 0 unspecified atom stereocenters. The quantitative estimate of drug-likeness (QED) is 0.181. The Labute approximate surface area is 205 Å². The van der Waals surface area contributed by atoms with E-state index in [2.05, 4.69) is 91.0 Å². The maximum Gasteiger partial charge on any atom is 0.193 e. The second-order valence-corrected chi connectivity index (χ2v) is 11.2. The summed E-state index contributed by atoms with van der Waals surface area (Å²) in [6, 6.07) is 43.8. The van der Waals surface area contributed by atoms with Crippen LogP contribution >= 0.6 is 11.3 Å². The first kappa shape index (κ1) is 20.9. The lowest BCUT2D eigenvalue weighted by Gasteiger charge is -2.08. The van der Waals surface area contributed by atoms with Crippen LogP contribution in [-0.2, 0) is 10.9 Å². The van der Waals surface area contributed by atoms with Gasteiger partial charge in [-0.25, -0.2) is 0 Å². The van der Waals surface area contributed by atoms with E-state index in [0.29, 0.717) is 0 Å². The molecule has 1 nitrogen and oxygen atoms in total. The number of carbonyl (C=O) groups is 1. The zero-order chi connectivity index (χ0) is 22.9. The van der Waals surface area contributed by atoms with Crippen LogP contribution in [0.3, 0.4) is 0 Å². The summed E-state index contributed by atoms with van der Waals surface area (Å²) in [5.74, 6) is 0.0614.